The average Bonchev–Trinajstić information content (AvgIpc) is 3.37. The van der Waals surface area contributed by atoms with Gasteiger partial charge < -0.3 is 14.6 Å². The van der Waals surface area contributed by atoms with Gasteiger partial charge in [-0.15, -0.1) is 0 Å². The predicted molar refractivity (Wildman–Crippen MR) is 100 cm³/mol. The van der Waals surface area contributed by atoms with Crippen LogP contribution in [0.2, 0.25) is 0 Å². The maximum absolute atomic E-state index is 12.4. The second-order valence-electron chi connectivity index (χ2n) is 9.15. The summed E-state index contributed by atoms with van der Waals surface area (Å²) in [4.78, 5) is 15.1. The van der Waals surface area contributed by atoms with Crippen molar-refractivity contribution in [3.63, 3.8) is 0 Å². The van der Waals surface area contributed by atoms with Crippen LogP contribution in [-0.2, 0) is 4.74 Å². The van der Waals surface area contributed by atoms with Gasteiger partial charge >= 0.3 is 0 Å². The van der Waals surface area contributed by atoms with Gasteiger partial charge in [-0.3, -0.25) is 9.69 Å². The van der Waals surface area contributed by atoms with E-state index in [1.165, 1.54) is 44.9 Å². The zero-order valence-electron chi connectivity index (χ0n) is 16.3. The van der Waals surface area contributed by atoms with E-state index in [2.05, 4.69) is 15.4 Å². The molecule has 1 amide bonds. The molecular formula is C21H31N3O3. The normalized spacial score (nSPS) is 36.7. The highest BCUT2D eigenvalue weighted by molar-refractivity contribution is 5.91. The number of amides is 1. The minimum atomic E-state index is -0.161. The summed E-state index contributed by atoms with van der Waals surface area (Å²) in [5, 5.41) is 6.89. The summed E-state index contributed by atoms with van der Waals surface area (Å²) in [5.74, 6) is 1.11. The van der Waals surface area contributed by atoms with Crippen LogP contribution in [0.5, 0.6) is 0 Å². The van der Waals surface area contributed by atoms with E-state index in [4.69, 9.17) is 9.26 Å². The van der Waals surface area contributed by atoms with Crippen LogP contribution >= 0.6 is 0 Å². The molecule has 6 heteroatoms. The molecule has 1 aliphatic carbocycles. The fourth-order valence-corrected chi connectivity index (χ4v) is 6.17. The SMILES string of the molecule is Cc1cc(C(=O)NC[C@H]2[C@H]3CN(C4CCCCCC4)C[C@]34CC[C@H]2O4)on1. The second-order valence-corrected chi connectivity index (χ2v) is 9.15. The van der Waals surface area contributed by atoms with Crippen molar-refractivity contribution in [2.45, 2.75) is 76.0 Å². The number of ether oxygens (including phenoxy) is 1. The van der Waals surface area contributed by atoms with Crippen molar-refractivity contribution in [2.75, 3.05) is 19.6 Å². The van der Waals surface area contributed by atoms with Crippen LogP contribution in [0, 0.1) is 18.8 Å². The van der Waals surface area contributed by atoms with Crippen molar-refractivity contribution in [3.05, 3.63) is 17.5 Å². The van der Waals surface area contributed by atoms with Gasteiger partial charge in [-0.25, -0.2) is 0 Å². The number of likely N-dealkylation sites (tertiary alicyclic amines) is 1. The van der Waals surface area contributed by atoms with Gasteiger partial charge in [0, 0.05) is 43.6 Å². The summed E-state index contributed by atoms with van der Waals surface area (Å²) >= 11 is 0. The Morgan fingerprint density at radius 3 is 2.85 bits per heavy atom. The van der Waals surface area contributed by atoms with Gasteiger partial charge in [0.2, 0.25) is 5.76 Å². The second kappa shape index (κ2) is 6.89. The molecular weight excluding hydrogens is 342 g/mol. The molecule has 1 aromatic heterocycles. The molecule has 0 unspecified atom stereocenters. The largest absolute Gasteiger partial charge is 0.370 e. The standard InChI is InChI=1S/C21H31N3O3/c1-14-10-19(27-23-14)20(25)22-11-16-17-12-24(15-6-4-2-3-5-7-15)13-21(17)9-8-18(16)26-21/h10,15-18H,2-9,11-13H2,1H3,(H,22,25)/t16-,17+,18+,21+/m0/s1. The van der Waals surface area contributed by atoms with Crippen molar-refractivity contribution < 1.29 is 14.1 Å². The summed E-state index contributed by atoms with van der Waals surface area (Å²) in [6.45, 7) is 4.75. The van der Waals surface area contributed by atoms with Gasteiger partial charge in [0.25, 0.3) is 5.91 Å². The van der Waals surface area contributed by atoms with Crippen LogP contribution in [0.25, 0.3) is 0 Å². The van der Waals surface area contributed by atoms with Crippen LogP contribution in [0.15, 0.2) is 10.6 Å². The summed E-state index contributed by atoms with van der Waals surface area (Å²) < 4.78 is 11.7. The van der Waals surface area contributed by atoms with Gasteiger partial charge in [0.15, 0.2) is 0 Å². The fraction of sp³-hybridized carbons (Fsp3) is 0.810. The highest BCUT2D eigenvalue weighted by atomic mass is 16.5. The van der Waals surface area contributed by atoms with Gasteiger partial charge in [0.05, 0.1) is 17.4 Å². The first-order chi connectivity index (χ1) is 13.1. The molecule has 4 heterocycles. The first-order valence-electron chi connectivity index (χ1n) is 10.8. The minimum absolute atomic E-state index is 0.0508. The molecule has 5 rings (SSSR count). The molecule has 0 radical (unpaired) electrons. The summed E-state index contributed by atoms with van der Waals surface area (Å²) in [6.07, 6.45) is 10.9. The molecule has 2 bridgehead atoms. The number of rotatable bonds is 4. The van der Waals surface area contributed by atoms with Gasteiger partial charge in [-0.2, -0.15) is 0 Å². The Bertz CT molecular complexity index is 697. The minimum Gasteiger partial charge on any atom is -0.370 e. The molecule has 1 saturated carbocycles. The Balaban J connectivity index is 1.24. The predicted octanol–water partition coefficient (Wildman–Crippen LogP) is 2.92. The zero-order chi connectivity index (χ0) is 18.4. The van der Waals surface area contributed by atoms with Crippen molar-refractivity contribution in [1.82, 2.24) is 15.4 Å². The molecule has 148 valence electrons. The molecule has 3 saturated heterocycles. The first kappa shape index (κ1) is 17.7. The molecule has 27 heavy (non-hydrogen) atoms. The number of nitrogens with zero attached hydrogens (tertiary/aromatic N) is 2. The van der Waals surface area contributed by atoms with Crippen LogP contribution in [0.1, 0.15) is 67.6 Å². The molecule has 4 atom stereocenters. The molecule has 3 aliphatic heterocycles. The average molecular weight is 373 g/mol. The van der Waals surface area contributed by atoms with E-state index in [0.717, 1.165) is 31.2 Å². The Kier molecular flexibility index (Phi) is 4.51. The lowest BCUT2D eigenvalue weighted by molar-refractivity contribution is -0.00182. The van der Waals surface area contributed by atoms with Crippen LogP contribution < -0.4 is 5.32 Å². The van der Waals surface area contributed by atoms with Crippen molar-refractivity contribution in [2.24, 2.45) is 11.8 Å². The smallest absolute Gasteiger partial charge is 0.289 e. The lowest BCUT2D eigenvalue weighted by Gasteiger charge is -2.29. The molecule has 1 N–H and O–H groups in total. The Labute approximate surface area is 161 Å². The summed E-state index contributed by atoms with van der Waals surface area (Å²) in [6, 6.07) is 2.43. The van der Waals surface area contributed by atoms with Gasteiger partial charge in [-0.1, -0.05) is 30.8 Å². The quantitative estimate of drug-likeness (QED) is 0.822. The number of fused-ring (bicyclic) bond motifs is 1. The van der Waals surface area contributed by atoms with E-state index in [1.54, 1.807) is 6.07 Å². The van der Waals surface area contributed by atoms with E-state index in [1.807, 2.05) is 6.92 Å². The number of carbonyl (C=O) groups excluding carboxylic acids is 1. The molecule has 6 nitrogen and oxygen atoms in total. The molecule has 0 aromatic carbocycles. The molecule has 1 aromatic rings. The molecule has 4 aliphatic rings. The van der Waals surface area contributed by atoms with Crippen LogP contribution in [0.3, 0.4) is 0 Å². The highest BCUT2D eigenvalue weighted by Gasteiger charge is 2.63. The number of nitrogens with one attached hydrogen (secondary N) is 1. The van der Waals surface area contributed by atoms with Crippen LogP contribution in [0.4, 0.5) is 0 Å². The lowest BCUT2D eigenvalue weighted by atomic mass is 9.73. The maximum atomic E-state index is 12.4. The summed E-state index contributed by atoms with van der Waals surface area (Å²) in [5.41, 5.74) is 0.784. The first-order valence-corrected chi connectivity index (χ1v) is 10.8. The van der Waals surface area contributed by atoms with E-state index < -0.39 is 0 Å². The van der Waals surface area contributed by atoms with E-state index in [-0.39, 0.29) is 11.5 Å². The van der Waals surface area contributed by atoms with Crippen molar-refractivity contribution in [3.8, 4) is 0 Å². The number of carbonyl (C=O) groups is 1. The van der Waals surface area contributed by atoms with Crippen molar-refractivity contribution >= 4 is 5.91 Å². The number of aromatic nitrogens is 1. The maximum Gasteiger partial charge on any atom is 0.289 e. The highest BCUT2D eigenvalue weighted by Crippen LogP contribution is 2.55. The number of hydrogen-bond acceptors (Lipinski definition) is 5. The van der Waals surface area contributed by atoms with Crippen molar-refractivity contribution in [1.29, 1.82) is 0 Å². The third kappa shape index (κ3) is 3.11. The lowest BCUT2D eigenvalue weighted by Crippen LogP contribution is -2.41. The van der Waals surface area contributed by atoms with E-state index in [0.29, 0.717) is 30.2 Å². The van der Waals surface area contributed by atoms with E-state index in [9.17, 15) is 4.79 Å². The third-order valence-corrected chi connectivity index (χ3v) is 7.50. The zero-order valence-corrected chi connectivity index (χ0v) is 16.3. The van der Waals surface area contributed by atoms with E-state index >= 15 is 0 Å². The fourth-order valence-electron chi connectivity index (χ4n) is 6.17. The molecule has 1 spiro atoms. The van der Waals surface area contributed by atoms with Gasteiger partial charge in [-0.05, 0) is 32.6 Å². The Hall–Kier alpha value is -1.40. The number of hydrogen-bond donors (Lipinski definition) is 1. The third-order valence-electron chi connectivity index (χ3n) is 7.50. The summed E-state index contributed by atoms with van der Waals surface area (Å²) in [7, 11) is 0. The number of aryl methyl sites for hydroxylation is 1. The Morgan fingerprint density at radius 2 is 2.11 bits per heavy atom. The topological polar surface area (TPSA) is 67.6 Å². The van der Waals surface area contributed by atoms with Crippen LogP contribution in [-0.4, -0.2) is 53.3 Å². The molecule has 4 fully saturated rings. The monoisotopic (exact) mass is 373 g/mol. The van der Waals surface area contributed by atoms with Gasteiger partial charge in [0.1, 0.15) is 0 Å². The Morgan fingerprint density at radius 1 is 1.30 bits per heavy atom.